The highest BCUT2D eigenvalue weighted by Crippen LogP contribution is 2.27. The molecule has 3 aromatic heterocycles. The van der Waals surface area contributed by atoms with Crippen LogP contribution < -0.4 is 10.9 Å². The minimum absolute atomic E-state index is 0.0316. The van der Waals surface area contributed by atoms with Gasteiger partial charge < -0.3 is 5.32 Å². The van der Waals surface area contributed by atoms with Gasteiger partial charge in [-0.1, -0.05) is 0 Å². The molecule has 138 valence electrons. The van der Waals surface area contributed by atoms with E-state index in [0.717, 1.165) is 43.5 Å². The first-order chi connectivity index (χ1) is 13.3. The molecule has 4 rings (SSSR count). The number of aromatic nitrogens is 4. The van der Waals surface area contributed by atoms with Crippen LogP contribution in [-0.2, 0) is 6.54 Å². The van der Waals surface area contributed by atoms with Crippen molar-refractivity contribution >= 4 is 0 Å². The maximum absolute atomic E-state index is 12.4. The molecule has 0 atom stereocenters. The van der Waals surface area contributed by atoms with Crippen molar-refractivity contribution in [1.82, 2.24) is 25.1 Å². The smallest absolute Gasteiger partial charge is 0.267 e. The molecule has 0 unspecified atom stereocenters. The highest BCUT2D eigenvalue weighted by atomic mass is 16.1. The third-order valence-corrected chi connectivity index (χ3v) is 5.17. The molecular weight excluding hydrogens is 338 g/mol. The molecule has 1 aliphatic carbocycles. The van der Waals surface area contributed by atoms with Crippen LogP contribution in [0.5, 0.6) is 0 Å². The minimum atomic E-state index is -0.0316. The molecule has 3 heterocycles. The Bertz CT molecular complexity index is 918. The van der Waals surface area contributed by atoms with Crippen molar-refractivity contribution in [2.75, 3.05) is 0 Å². The molecule has 0 aromatic carbocycles. The molecule has 27 heavy (non-hydrogen) atoms. The summed E-state index contributed by atoms with van der Waals surface area (Å²) in [6, 6.07) is 11.9. The quantitative estimate of drug-likeness (QED) is 0.756. The highest BCUT2D eigenvalue weighted by molar-refractivity contribution is 5.56. The van der Waals surface area contributed by atoms with Crippen molar-refractivity contribution in [2.24, 2.45) is 0 Å². The van der Waals surface area contributed by atoms with Gasteiger partial charge in [0, 0.05) is 49.0 Å². The van der Waals surface area contributed by atoms with E-state index in [1.54, 1.807) is 29.2 Å². The van der Waals surface area contributed by atoms with Crippen LogP contribution in [-0.4, -0.2) is 25.8 Å². The second-order valence-electron chi connectivity index (χ2n) is 6.98. The van der Waals surface area contributed by atoms with E-state index in [1.165, 1.54) is 5.56 Å². The number of pyridine rings is 2. The molecule has 6 heteroatoms. The second-order valence-corrected chi connectivity index (χ2v) is 6.98. The van der Waals surface area contributed by atoms with Crippen LogP contribution >= 0.6 is 0 Å². The molecule has 0 radical (unpaired) electrons. The van der Waals surface area contributed by atoms with Gasteiger partial charge in [-0.2, -0.15) is 5.10 Å². The zero-order valence-corrected chi connectivity index (χ0v) is 15.2. The van der Waals surface area contributed by atoms with E-state index in [9.17, 15) is 4.79 Å². The number of nitrogens with zero attached hydrogens (tertiary/aromatic N) is 4. The molecule has 0 aliphatic heterocycles. The molecule has 0 saturated heterocycles. The summed E-state index contributed by atoms with van der Waals surface area (Å²) < 4.78 is 1.67. The summed E-state index contributed by atoms with van der Waals surface area (Å²) in [7, 11) is 0. The first kappa shape index (κ1) is 17.5. The summed E-state index contributed by atoms with van der Waals surface area (Å²) >= 11 is 0. The first-order valence-electron chi connectivity index (χ1n) is 9.42. The van der Waals surface area contributed by atoms with E-state index in [0.29, 0.717) is 6.04 Å². The summed E-state index contributed by atoms with van der Waals surface area (Å²) in [6.45, 7) is 0.854. The maximum atomic E-state index is 12.4. The fraction of sp³-hybridized carbons (Fsp3) is 0.333. The summed E-state index contributed by atoms with van der Waals surface area (Å²) in [5.41, 5.74) is 2.93. The van der Waals surface area contributed by atoms with Crippen LogP contribution in [0.25, 0.3) is 11.3 Å². The van der Waals surface area contributed by atoms with E-state index in [4.69, 9.17) is 0 Å². The van der Waals surface area contributed by atoms with Crippen molar-refractivity contribution in [2.45, 2.75) is 44.3 Å². The molecule has 0 amide bonds. The van der Waals surface area contributed by atoms with Crippen molar-refractivity contribution in [1.29, 1.82) is 0 Å². The van der Waals surface area contributed by atoms with E-state index < -0.39 is 0 Å². The zero-order chi connectivity index (χ0) is 18.5. The monoisotopic (exact) mass is 361 g/mol. The van der Waals surface area contributed by atoms with Gasteiger partial charge in [0.25, 0.3) is 5.56 Å². The molecule has 0 bridgehead atoms. The molecule has 1 saturated carbocycles. The molecular formula is C21H23N5O. The van der Waals surface area contributed by atoms with Crippen molar-refractivity contribution in [3.8, 4) is 11.3 Å². The number of rotatable bonds is 5. The Morgan fingerprint density at radius 3 is 2.52 bits per heavy atom. The van der Waals surface area contributed by atoms with Gasteiger partial charge in [0.15, 0.2) is 0 Å². The lowest BCUT2D eigenvalue weighted by atomic mass is 9.91. The largest absolute Gasteiger partial charge is 0.310 e. The fourth-order valence-electron chi connectivity index (χ4n) is 3.64. The number of nitrogens with one attached hydrogen (secondary N) is 1. The molecule has 0 spiro atoms. The van der Waals surface area contributed by atoms with Gasteiger partial charge in [-0.15, -0.1) is 0 Å². The van der Waals surface area contributed by atoms with Gasteiger partial charge in [0.2, 0.25) is 0 Å². The van der Waals surface area contributed by atoms with Gasteiger partial charge in [0.1, 0.15) is 0 Å². The van der Waals surface area contributed by atoms with Crippen molar-refractivity contribution in [3.63, 3.8) is 0 Å². The van der Waals surface area contributed by atoms with E-state index in [1.807, 2.05) is 36.7 Å². The lowest BCUT2D eigenvalue weighted by Crippen LogP contribution is -2.36. The molecule has 3 aromatic rings. The summed E-state index contributed by atoms with van der Waals surface area (Å²) in [4.78, 5) is 20.5. The topological polar surface area (TPSA) is 72.7 Å². The number of hydrogen-bond acceptors (Lipinski definition) is 5. The Balaban J connectivity index is 1.40. The molecule has 1 N–H and O–H groups in total. The maximum Gasteiger partial charge on any atom is 0.267 e. The molecule has 1 fully saturated rings. The number of hydrogen-bond donors (Lipinski definition) is 1. The lowest BCUT2D eigenvalue weighted by molar-refractivity contribution is 0.269. The van der Waals surface area contributed by atoms with Gasteiger partial charge in [-0.25, -0.2) is 4.68 Å². The fourth-order valence-corrected chi connectivity index (χ4v) is 3.64. The average molecular weight is 361 g/mol. The summed E-state index contributed by atoms with van der Waals surface area (Å²) in [5.74, 6) is 0. The third-order valence-electron chi connectivity index (χ3n) is 5.17. The van der Waals surface area contributed by atoms with Crippen LogP contribution in [0.15, 0.2) is 66.0 Å². The van der Waals surface area contributed by atoms with Crippen LogP contribution in [0.1, 0.15) is 37.3 Å². The standard InChI is InChI=1S/C21H23N5O/c27-21-8-7-20(17-2-1-11-23-15-17)25-26(21)19-5-3-18(4-6-19)24-14-16-9-12-22-13-10-16/h1-2,7-13,15,18-19,24H,3-6,14H2. The Kier molecular flexibility index (Phi) is 5.34. The lowest BCUT2D eigenvalue weighted by Gasteiger charge is -2.29. The van der Waals surface area contributed by atoms with Crippen LogP contribution in [0, 0.1) is 0 Å². The van der Waals surface area contributed by atoms with Gasteiger partial charge in [0.05, 0.1) is 11.7 Å². The zero-order valence-electron chi connectivity index (χ0n) is 15.2. The summed E-state index contributed by atoms with van der Waals surface area (Å²) in [6.07, 6.45) is 11.1. The normalized spacial score (nSPS) is 19.7. The Hall–Kier alpha value is -2.86. The van der Waals surface area contributed by atoms with Gasteiger partial charge in [-0.05, 0) is 61.6 Å². The average Bonchev–Trinajstić information content (AvgIpc) is 2.74. The third kappa shape index (κ3) is 4.28. The van der Waals surface area contributed by atoms with Crippen molar-refractivity contribution < 1.29 is 0 Å². The summed E-state index contributed by atoms with van der Waals surface area (Å²) in [5, 5.41) is 8.24. The van der Waals surface area contributed by atoms with Crippen molar-refractivity contribution in [3.05, 3.63) is 77.1 Å². The van der Waals surface area contributed by atoms with Crippen LogP contribution in [0.3, 0.4) is 0 Å². The van der Waals surface area contributed by atoms with E-state index >= 15 is 0 Å². The SMILES string of the molecule is O=c1ccc(-c2cccnc2)nn1C1CCC(NCc2ccncc2)CC1. The second kappa shape index (κ2) is 8.22. The van der Waals surface area contributed by atoms with Gasteiger partial charge in [-0.3, -0.25) is 14.8 Å². The molecule has 6 nitrogen and oxygen atoms in total. The highest BCUT2D eigenvalue weighted by Gasteiger charge is 2.23. The Labute approximate surface area is 158 Å². The van der Waals surface area contributed by atoms with Gasteiger partial charge >= 0.3 is 0 Å². The van der Waals surface area contributed by atoms with E-state index in [-0.39, 0.29) is 11.6 Å². The Morgan fingerprint density at radius 2 is 1.78 bits per heavy atom. The van der Waals surface area contributed by atoms with Crippen LogP contribution in [0.4, 0.5) is 0 Å². The molecule has 1 aliphatic rings. The predicted molar refractivity (Wildman–Crippen MR) is 104 cm³/mol. The minimum Gasteiger partial charge on any atom is -0.310 e. The predicted octanol–water partition coefficient (Wildman–Crippen LogP) is 2.97. The van der Waals surface area contributed by atoms with E-state index in [2.05, 4.69) is 20.4 Å². The van der Waals surface area contributed by atoms with Crippen LogP contribution in [0.2, 0.25) is 0 Å². The first-order valence-corrected chi connectivity index (χ1v) is 9.42. The Morgan fingerprint density at radius 1 is 0.963 bits per heavy atom.